The van der Waals surface area contributed by atoms with Crippen molar-refractivity contribution in [2.24, 2.45) is 0 Å². The molecule has 0 amide bonds. The molecular weight excluding hydrogens is 430 g/mol. The second kappa shape index (κ2) is 9.37. The van der Waals surface area contributed by atoms with E-state index in [0.29, 0.717) is 19.0 Å². The largest absolute Gasteiger partial charge is 0.375 e. The highest BCUT2D eigenvalue weighted by Gasteiger charge is 2.48. The van der Waals surface area contributed by atoms with Crippen LogP contribution in [-0.4, -0.2) is 35.9 Å². The molecule has 0 N–H and O–H groups in total. The minimum absolute atomic E-state index is 0.137. The van der Waals surface area contributed by atoms with Crippen molar-refractivity contribution < 1.29 is 9.53 Å². The molecule has 3 aliphatic rings. The number of ketones is 1. The summed E-state index contributed by atoms with van der Waals surface area (Å²) in [6.07, 6.45) is 7.36. The van der Waals surface area contributed by atoms with Crippen LogP contribution in [0.25, 0.3) is 0 Å². The van der Waals surface area contributed by atoms with Crippen molar-refractivity contribution in [2.45, 2.75) is 62.5 Å². The molecule has 3 heteroatoms. The Kier molecular flexibility index (Phi) is 6.07. The van der Waals surface area contributed by atoms with Gasteiger partial charge in [0.05, 0.1) is 18.8 Å². The summed E-state index contributed by atoms with van der Waals surface area (Å²) in [5, 5.41) is 0. The predicted molar refractivity (Wildman–Crippen MR) is 140 cm³/mol. The highest BCUT2D eigenvalue weighted by atomic mass is 16.5. The SMILES string of the molecule is O=C1c2ccccc2CCC12CCCCN2CCCC1(c2ccccc2)COCc2ccccc21. The van der Waals surface area contributed by atoms with Gasteiger partial charge in [0.1, 0.15) is 0 Å². The molecule has 2 unspecified atom stereocenters. The van der Waals surface area contributed by atoms with Gasteiger partial charge in [0.25, 0.3) is 0 Å². The van der Waals surface area contributed by atoms with Gasteiger partial charge in [0.2, 0.25) is 0 Å². The van der Waals surface area contributed by atoms with E-state index < -0.39 is 0 Å². The molecule has 1 spiro atoms. The minimum Gasteiger partial charge on any atom is -0.375 e. The fourth-order valence-corrected chi connectivity index (χ4v) is 7.07. The van der Waals surface area contributed by atoms with Crippen LogP contribution in [0.5, 0.6) is 0 Å². The molecule has 0 saturated carbocycles. The maximum Gasteiger partial charge on any atom is 0.183 e. The third-order valence-corrected chi connectivity index (χ3v) is 8.86. The first-order chi connectivity index (χ1) is 17.2. The molecule has 3 aromatic carbocycles. The molecule has 2 heterocycles. The van der Waals surface area contributed by atoms with Crippen LogP contribution in [0.1, 0.15) is 71.1 Å². The van der Waals surface area contributed by atoms with Gasteiger partial charge in [-0.2, -0.15) is 0 Å². The van der Waals surface area contributed by atoms with Crippen LogP contribution in [0.4, 0.5) is 0 Å². The van der Waals surface area contributed by atoms with E-state index in [1.54, 1.807) is 0 Å². The smallest absolute Gasteiger partial charge is 0.183 e. The van der Waals surface area contributed by atoms with Crippen LogP contribution in [0.3, 0.4) is 0 Å². The Labute approximate surface area is 209 Å². The van der Waals surface area contributed by atoms with Gasteiger partial charge in [0.15, 0.2) is 5.78 Å². The Morgan fingerprint density at radius 2 is 1.60 bits per heavy atom. The highest BCUT2D eigenvalue weighted by Crippen LogP contribution is 2.44. The first-order valence-corrected chi connectivity index (χ1v) is 13.3. The Bertz CT molecular complexity index is 1200. The van der Waals surface area contributed by atoms with Gasteiger partial charge in [-0.1, -0.05) is 78.9 Å². The normalized spacial score (nSPS) is 26.3. The maximum atomic E-state index is 13.9. The minimum atomic E-state index is -0.312. The zero-order valence-electron chi connectivity index (χ0n) is 20.5. The lowest BCUT2D eigenvalue weighted by Gasteiger charge is -2.49. The number of fused-ring (bicyclic) bond motifs is 2. The highest BCUT2D eigenvalue weighted by molar-refractivity contribution is 6.05. The summed E-state index contributed by atoms with van der Waals surface area (Å²) in [4.78, 5) is 16.4. The van der Waals surface area contributed by atoms with Crippen LogP contribution >= 0.6 is 0 Å². The van der Waals surface area contributed by atoms with Crippen LogP contribution in [0, 0.1) is 0 Å². The Balaban J connectivity index is 1.27. The Morgan fingerprint density at radius 3 is 2.49 bits per heavy atom. The van der Waals surface area contributed by atoms with Gasteiger partial charge in [-0.15, -0.1) is 0 Å². The fraction of sp³-hybridized carbons (Fsp3) is 0.406. The van der Waals surface area contributed by atoms with Gasteiger partial charge in [-0.05, 0) is 80.3 Å². The fourth-order valence-electron chi connectivity index (χ4n) is 7.07. The second-order valence-electron chi connectivity index (χ2n) is 10.7. The standard InChI is InChI=1S/C32H35NO2/c34-30-28-15-6-4-11-25(28)17-20-32(30)19-8-9-21-33(32)22-10-18-31(27-13-2-1-3-14-27)24-35-23-26-12-5-7-16-29(26)31/h1-7,11-16H,8-10,17-24H2. The third kappa shape index (κ3) is 3.86. The molecule has 1 aliphatic carbocycles. The van der Waals surface area contributed by atoms with Crippen LogP contribution in [0.15, 0.2) is 78.9 Å². The first-order valence-electron chi connectivity index (χ1n) is 13.3. The van der Waals surface area contributed by atoms with Crippen molar-refractivity contribution in [2.75, 3.05) is 19.7 Å². The van der Waals surface area contributed by atoms with E-state index in [1.165, 1.54) is 28.7 Å². The summed E-state index contributed by atoms with van der Waals surface area (Å²) in [6, 6.07) is 28.0. The van der Waals surface area contributed by atoms with E-state index >= 15 is 0 Å². The number of hydrogen-bond donors (Lipinski definition) is 0. The molecule has 35 heavy (non-hydrogen) atoms. The lowest BCUT2D eigenvalue weighted by atomic mass is 9.68. The maximum absolute atomic E-state index is 13.9. The van der Waals surface area contributed by atoms with E-state index in [0.717, 1.165) is 57.2 Å². The number of aryl methyl sites for hydroxylation is 1. The van der Waals surface area contributed by atoms with Crippen LogP contribution in [0.2, 0.25) is 0 Å². The third-order valence-electron chi connectivity index (χ3n) is 8.86. The lowest BCUT2D eigenvalue weighted by Crippen LogP contribution is -2.59. The average Bonchev–Trinajstić information content (AvgIpc) is 2.92. The van der Waals surface area contributed by atoms with Gasteiger partial charge < -0.3 is 4.74 Å². The first kappa shape index (κ1) is 22.7. The number of Topliss-reactive ketones (excluding diaryl/α,β-unsaturated/α-hetero) is 1. The zero-order valence-corrected chi connectivity index (χ0v) is 20.5. The summed E-state index contributed by atoms with van der Waals surface area (Å²) in [5.41, 5.74) is 5.79. The van der Waals surface area contributed by atoms with Crippen molar-refractivity contribution in [3.8, 4) is 0 Å². The number of benzene rings is 3. The van der Waals surface area contributed by atoms with E-state index in [2.05, 4.69) is 71.6 Å². The molecule has 1 saturated heterocycles. The van der Waals surface area contributed by atoms with Crippen LogP contribution in [-0.2, 0) is 23.2 Å². The molecule has 3 aromatic rings. The average molecular weight is 466 g/mol. The summed E-state index contributed by atoms with van der Waals surface area (Å²) in [6.45, 7) is 3.39. The molecular formula is C32H35NO2. The molecule has 2 aliphatic heterocycles. The van der Waals surface area contributed by atoms with Gasteiger partial charge >= 0.3 is 0 Å². The van der Waals surface area contributed by atoms with Crippen molar-refractivity contribution in [3.63, 3.8) is 0 Å². The number of likely N-dealkylation sites (tertiary alicyclic amines) is 1. The number of carbonyl (C=O) groups excluding carboxylic acids is 1. The number of piperidine rings is 1. The number of carbonyl (C=O) groups is 1. The number of rotatable bonds is 5. The molecule has 1 fully saturated rings. The monoisotopic (exact) mass is 465 g/mol. The molecule has 2 atom stereocenters. The van der Waals surface area contributed by atoms with Crippen molar-refractivity contribution in [1.82, 2.24) is 4.90 Å². The molecule has 6 rings (SSSR count). The molecule has 180 valence electrons. The van der Waals surface area contributed by atoms with E-state index in [-0.39, 0.29) is 11.0 Å². The summed E-state index contributed by atoms with van der Waals surface area (Å²) in [5.74, 6) is 0.364. The summed E-state index contributed by atoms with van der Waals surface area (Å²) in [7, 11) is 0. The molecule has 3 nitrogen and oxygen atoms in total. The Morgan fingerprint density at radius 1 is 0.829 bits per heavy atom. The lowest BCUT2D eigenvalue weighted by molar-refractivity contribution is 0.0249. The van der Waals surface area contributed by atoms with Gasteiger partial charge in [0, 0.05) is 11.0 Å². The van der Waals surface area contributed by atoms with Crippen molar-refractivity contribution in [1.29, 1.82) is 0 Å². The van der Waals surface area contributed by atoms with E-state index in [9.17, 15) is 4.79 Å². The Hall–Kier alpha value is -2.75. The van der Waals surface area contributed by atoms with Crippen molar-refractivity contribution in [3.05, 3.63) is 107 Å². The topological polar surface area (TPSA) is 29.5 Å². The zero-order chi connectivity index (χ0) is 23.7. The molecule has 0 radical (unpaired) electrons. The number of nitrogens with zero attached hydrogens (tertiary/aromatic N) is 1. The van der Waals surface area contributed by atoms with Crippen LogP contribution < -0.4 is 0 Å². The predicted octanol–water partition coefficient (Wildman–Crippen LogP) is 6.34. The quantitative estimate of drug-likeness (QED) is 0.441. The number of hydrogen-bond acceptors (Lipinski definition) is 3. The van der Waals surface area contributed by atoms with E-state index in [1.807, 2.05) is 12.1 Å². The van der Waals surface area contributed by atoms with Crippen molar-refractivity contribution >= 4 is 5.78 Å². The summed E-state index contributed by atoms with van der Waals surface area (Å²) >= 11 is 0. The second-order valence-corrected chi connectivity index (χ2v) is 10.7. The number of ether oxygens (including phenoxy) is 1. The van der Waals surface area contributed by atoms with E-state index in [4.69, 9.17) is 4.74 Å². The summed E-state index contributed by atoms with van der Waals surface area (Å²) < 4.78 is 6.21. The molecule has 0 bridgehead atoms. The van der Waals surface area contributed by atoms with Gasteiger partial charge in [-0.25, -0.2) is 0 Å². The molecule has 0 aromatic heterocycles. The van der Waals surface area contributed by atoms with Gasteiger partial charge in [-0.3, -0.25) is 9.69 Å².